The SMILES string of the molecule is CNC(=S)n1nc(NC(=O)c2ccccc2)nc1N. The number of aromatic nitrogens is 3. The predicted octanol–water partition coefficient (Wildman–Crippen LogP) is 0.465. The molecule has 0 atom stereocenters. The average molecular weight is 276 g/mol. The highest BCUT2D eigenvalue weighted by atomic mass is 32.1. The van der Waals surface area contributed by atoms with E-state index in [9.17, 15) is 4.79 Å². The molecule has 4 N–H and O–H groups in total. The molecule has 0 aliphatic carbocycles. The van der Waals surface area contributed by atoms with E-state index in [-0.39, 0.29) is 17.8 Å². The Bertz CT molecular complexity index is 609. The monoisotopic (exact) mass is 276 g/mol. The van der Waals surface area contributed by atoms with Crippen LogP contribution in [0.15, 0.2) is 30.3 Å². The minimum Gasteiger partial charge on any atom is -0.368 e. The summed E-state index contributed by atoms with van der Waals surface area (Å²) in [7, 11) is 1.64. The fourth-order valence-corrected chi connectivity index (χ4v) is 1.53. The van der Waals surface area contributed by atoms with Gasteiger partial charge in [-0.2, -0.15) is 9.67 Å². The summed E-state index contributed by atoms with van der Waals surface area (Å²) in [5.41, 5.74) is 6.15. The molecule has 0 unspecified atom stereocenters. The zero-order valence-electron chi connectivity index (χ0n) is 10.1. The number of rotatable bonds is 2. The smallest absolute Gasteiger partial charge is 0.258 e. The molecule has 1 aromatic heterocycles. The number of thiocarbonyl (C=S) groups is 1. The zero-order chi connectivity index (χ0) is 13.8. The van der Waals surface area contributed by atoms with Crippen molar-refractivity contribution in [1.29, 1.82) is 0 Å². The summed E-state index contributed by atoms with van der Waals surface area (Å²) in [5.74, 6) is -0.111. The second-order valence-corrected chi connectivity index (χ2v) is 3.97. The lowest BCUT2D eigenvalue weighted by atomic mass is 10.2. The Hall–Kier alpha value is -2.48. The first-order chi connectivity index (χ1) is 9.11. The third-order valence-electron chi connectivity index (χ3n) is 2.30. The van der Waals surface area contributed by atoms with Crippen LogP contribution in [-0.4, -0.2) is 32.8 Å². The maximum Gasteiger partial charge on any atom is 0.258 e. The van der Waals surface area contributed by atoms with Crippen molar-refractivity contribution in [3.05, 3.63) is 35.9 Å². The van der Waals surface area contributed by atoms with E-state index in [0.717, 1.165) is 0 Å². The van der Waals surface area contributed by atoms with Crippen molar-refractivity contribution in [3.63, 3.8) is 0 Å². The van der Waals surface area contributed by atoms with Crippen molar-refractivity contribution >= 4 is 35.1 Å². The van der Waals surface area contributed by atoms with Gasteiger partial charge in [0.15, 0.2) is 5.11 Å². The molecule has 19 heavy (non-hydrogen) atoms. The van der Waals surface area contributed by atoms with Gasteiger partial charge in [-0.05, 0) is 24.4 Å². The van der Waals surface area contributed by atoms with Crippen molar-refractivity contribution in [2.45, 2.75) is 0 Å². The molecular formula is C11H12N6OS. The average Bonchev–Trinajstić information content (AvgIpc) is 2.79. The van der Waals surface area contributed by atoms with Crippen LogP contribution < -0.4 is 16.4 Å². The Morgan fingerprint density at radius 1 is 1.37 bits per heavy atom. The minimum absolute atomic E-state index is 0.0997. The minimum atomic E-state index is -0.312. The summed E-state index contributed by atoms with van der Waals surface area (Å²) in [4.78, 5) is 15.8. The molecule has 2 aromatic rings. The Morgan fingerprint density at radius 2 is 2.05 bits per heavy atom. The Labute approximate surface area is 114 Å². The normalized spacial score (nSPS) is 9.95. The second kappa shape index (κ2) is 5.44. The van der Waals surface area contributed by atoms with Crippen LogP contribution in [0.3, 0.4) is 0 Å². The highest BCUT2D eigenvalue weighted by molar-refractivity contribution is 7.80. The van der Waals surface area contributed by atoms with E-state index in [2.05, 4.69) is 20.7 Å². The molecule has 2 rings (SSSR count). The Kier molecular flexibility index (Phi) is 3.71. The van der Waals surface area contributed by atoms with E-state index < -0.39 is 0 Å². The van der Waals surface area contributed by atoms with Crippen LogP contribution in [0.1, 0.15) is 10.4 Å². The number of anilines is 2. The van der Waals surface area contributed by atoms with Crippen molar-refractivity contribution < 1.29 is 4.79 Å². The van der Waals surface area contributed by atoms with Gasteiger partial charge in [0, 0.05) is 12.6 Å². The van der Waals surface area contributed by atoms with E-state index in [1.54, 1.807) is 31.3 Å². The van der Waals surface area contributed by atoms with Crippen LogP contribution in [-0.2, 0) is 0 Å². The molecular weight excluding hydrogens is 264 g/mol. The highest BCUT2D eigenvalue weighted by Crippen LogP contribution is 2.07. The molecule has 1 aromatic carbocycles. The molecule has 0 saturated carbocycles. The molecule has 0 saturated heterocycles. The topological polar surface area (TPSA) is 97.9 Å². The number of benzene rings is 1. The van der Waals surface area contributed by atoms with Crippen molar-refractivity contribution in [1.82, 2.24) is 20.1 Å². The van der Waals surface area contributed by atoms with Gasteiger partial charge in [0.25, 0.3) is 11.9 Å². The summed E-state index contributed by atoms with van der Waals surface area (Å²) in [5, 5.41) is 9.56. The number of nitrogen functional groups attached to an aromatic ring is 1. The van der Waals surface area contributed by atoms with Gasteiger partial charge in [-0.15, -0.1) is 5.10 Å². The Balaban J connectivity index is 2.16. The molecule has 1 heterocycles. The fraction of sp³-hybridized carbons (Fsp3) is 0.0909. The predicted molar refractivity (Wildman–Crippen MR) is 75.9 cm³/mol. The summed E-state index contributed by atoms with van der Waals surface area (Å²) in [6, 6.07) is 8.74. The van der Waals surface area contributed by atoms with Crippen LogP contribution >= 0.6 is 12.2 Å². The number of hydrogen-bond donors (Lipinski definition) is 3. The van der Waals surface area contributed by atoms with E-state index in [4.69, 9.17) is 18.0 Å². The molecule has 0 spiro atoms. The highest BCUT2D eigenvalue weighted by Gasteiger charge is 2.13. The van der Waals surface area contributed by atoms with E-state index in [1.165, 1.54) is 4.68 Å². The van der Waals surface area contributed by atoms with E-state index >= 15 is 0 Å². The van der Waals surface area contributed by atoms with E-state index in [1.807, 2.05) is 6.07 Å². The van der Waals surface area contributed by atoms with Gasteiger partial charge in [-0.25, -0.2) is 0 Å². The molecule has 0 aliphatic rings. The maximum absolute atomic E-state index is 11.9. The first kappa shape index (κ1) is 13.0. The van der Waals surface area contributed by atoms with Gasteiger partial charge in [0.05, 0.1) is 0 Å². The number of nitrogens with one attached hydrogen (secondary N) is 2. The number of carbonyl (C=O) groups excluding carboxylic acids is 1. The number of nitrogens with zero attached hydrogens (tertiary/aromatic N) is 3. The maximum atomic E-state index is 11.9. The largest absolute Gasteiger partial charge is 0.368 e. The molecule has 98 valence electrons. The van der Waals surface area contributed by atoms with Gasteiger partial charge in [0.2, 0.25) is 5.95 Å². The first-order valence-electron chi connectivity index (χ1n) is 5.43. The van der Waals surface area contributed by atoms with E-state index in [0.29, 0.717) is 10.7 Å². The summed E-state index contributed by atoms with van der Waals surface area (Å²) < 4.78 is 1.23. The molecule has 0 fully saturated rings. The number of carbonyl (C=O) groups is 1. The van der Waals surface area contributed by atoms with Crippen molar-refractivity contribution in [2.75, 3.05) is 18.1 Å². The summed E-state index contributed by atoms with van der Waals surface area (Å²) >= 11 is 4.99. The van der Waals surface area contributed by atoms with Crippen LogP contribution in [0.2, 0.25) is 0 Å². The van der Waals surface area contributed by atoms with Gasteiger partial charge in [-0.1, -0.05) is 18.2 Å². The zero-order valence-corrected chi connectivity index (χ0v) is 10.9. The standard InChI is InChI=1S/C11H12N6OS/c1-13-11(19)17-9(12)15-10(16-17)14-8(18)7-5-3-2-4-6-7/h2-6H,1H3,(H,13,19)(H3,12,14,15,16,18). The molecule has 0 radical (unpaired) electrons. The van der Waals surface area contributed by atoms with Crippen LogP contribution in [0.5, 0.6) is 0 Å². The van der Waals surface area contributed by atoms with Gasteiger partial charge < -0.3 is 11.1 Å². The van der Waals surface area contributed by atoms with Gasteiger partial charge >= 0.3 is 0 Å². The Morgan fingerprint density at radius 3 is 2.68 bits per heavy atom. The fourth-order valence-electron chi connectivity index (χ4n) is 1.40. The number of hydrogen-bond acceptors (Lipinski definition) is 5. The molecule has 0 bridgehead atoms. The van der Waals surface area contributed by atoms with Gasteiger partial charge in [0.1, 0.15) is 0 Å². The molecule has 8 heteroatoms. The second-order valence-electron chi connectivity index (χ2n) is 3.58. The summed E-state index contributed by atoms with van der Waals surface area (Å²) in [6.07, 6.45) is 0. The molecule has 7 nitrogen and oxygen atoms in total. The first-order valence-corrected chi connectivity index (χ1v) is 5.83. The number of amides is 1. The quantitative estimate of drug-likeness (QED) is 0.690. The third kappa shape index (κ3) is 2.86. The van der Waals surface area contributed by atoms with Crippen molar-refractivity contribution in [2.24, 2.45) is 0 Å². The van der Waals surface area contributed by atoms with Crippen molar-refractivity contribution in [3.8, 4) is 0 Å². The lowest BCUT2D eigenvalue weighted by molar-refractivity contribution is 0.102. The lowest BCUT2D eigenvalue weighted by Crippen LogP contribution is -2.26. The molecule has 1 amide bonds. The van der Waals surface area contributed by atoms with Crippen LogP contribution in [0, 0.1) is 0 Å². The third-order valence-corrected chi connectivity index (χ3v) is 2.68. The lowest BCUT2D eigenvalue weighted by Gasteiger charge is -2.02. The summed E-state index contributed by atoms with van der Waals surface area (Å²) in [6.45, 7) is 0. The van der Waals surface area contributed by atoms with Crippen LogP contribution in [0.4, 0.5) is 11.9 Å². The number of nitrogens with two attached hydrogens (primary N) is 1. The van der Waals surface area contributed by atoms with Crippen LogP contribution in [0.25, 0.3) is 0 Å². The molecule has 0 aliphatic heterocycles. The van der Waals surface area contributed by atoms with Gasteiger partial charge in [-0.3, -0.25) is 10.1 Å².